The topological polar surface area (TPSA) is 275 Å². The van der Waals surface area contributed by atoms with Crippen LogP contribution < -0.4 is 28.3 Å². The van der Waals surface area contributed by atoms with Crippen LogP contribution in [0, 0.1) is 11.8 Å². The van der Waals surface area contributed by atoms with Crippen LogP contribution in [0.5, 0.6) is 0 Å². The van der Waals surface area contributed by atoms with E-state index in [1.165, 1.54) is 29.1 Å². The number of amidine groups is 2. The van der Waals surface area contributed by atoms with Crippen LogP contribution in [-0.2, 0) is 42.0 Å². The quantitative estimate of drug-likeness (QED) is 0.0281. The van der Waals surface area contributed by atoms with Gasteiger partial charge in [0.05, 0.1) is 52.4 Å². The number of esters is 1. The molecule has 0 amide bonds. The zero-order valence-corrected chi connectivity index (χ0v) is 76.2. The van der Waals surface area contributed by atoms with Crippen LogP contribution in [0.3, 0.4) is 0 Å². The Labute approximate surface area is 757 Å². The minimum Gasteiger partial charge on any atom is -0.477 e. The molecule has 18 nitrogen and oxygen atoms in total. The Balaban J connectivity index is 0.000000148. The number of thiocarbonyl (C=S) groups is 1. The van der Waals surface area contributed by atoms with Crippen LogP contribution in [-0.4, -0.2) is 73.7 Å². The molecule has 10 N–H and O–H groups in total. The lowest BCUT2D eigenvalue weighted by Crippen LogP contribution is -2.44. The Morgan fingerprint density at radius 2 is 0.815 bits per heavy atom. The number of carboxylic acid groups (broad SMARTS) is 1. The second-order valence-electron chi connectivity index (χ2n) is 30.2. The summed E-state index contributed by atoms with van der Waals surface area (Å²) in [6.07, 6.45) is 9.44. The van der Waals surface area contributed by atoms with Gasteiger partial charge < -0.3 is 47.9 Å². The highest BCUT2D eigenvalue weighted by Gasteiger charge is 2.55. The van der Waals surface area contributed by atoms with Crippen LogP contribution in [0.1, 0.15) is 161 Å². The van der Waals surface area contributed by atoms with Gasteiger partial charge in [-0.3, -0.25) is 0 Å². The second kappa shape index (κ2) is 38.9. The number of hydrogen-bond acceptors (Lipinski definition) is 19. The third kappa shape index (κ3) is 20.7. The molecular weight excluding hydrogens is 1770 g/mol. The monoisotopic (exact) mass is 1850 g/mol. The van der Waals surface area contributed by atoms with E-state index in [9.17, 15) is 14.7 Å². The number of carbonyl (C=O) groups excluding carboxylic acids is 1. The van der Waals surface area contributed by atoms with Crippen molar-refractivity contribution >= 4 is 179 Å². The molecule has 5 aliphatic heterocycles. The maximum absolute atomic E-state index is 12.7. The first-order chi connectivity index (χ1) is 56.3. The minimum atomic E-state index is -0.930. The van der Waals surface area contributed by atoms with E-state index < -0.39 is 28.1 Å². The van der Waals surface area contributed by atoms with Crippen molar-refractivity contribution < 1.29 is 19.4 Å². The number of hydrogen-bond donors (Lipinski definition) is 6. The number of pyridine rings is 5. The minimum absolute atomic E-state index is 0.0155. The highest BCUT2D eigenvalue weighted by molar-refractivity contribution is 8.18. The number of allylic oxidation sites excluding steroid dienone is 2. The zero-order chi connectivity index (χ0) is 86.4. The maximum Gasteiger partial charge on any atom is 0.346 e. The van der Waals surface area contributed by atoms with E-state index in [1.807, 2.05) is 169 Å². The number of benzene rings is 5. The number of rotatable bonds is 17. The molecule has 5 aliphatic rings. The Bertz CT molecular complexity index is 5310. The third-order valence-corrected chi connectivity index (χ3v) is 26.1. The van der Waals surface area contributed by atoms with Gasteiger partial charge in [0, 0.05) is 91.0 Å². The van der Waals surface area contributed by atoms with Gasteiger partial charge >= 0.3 is 11.9 Å². The van der Waals surface area contributed by atoms with Crippen LogP contribution in [0.25, 0.3) is 0 Å². The molecule has 119 heavy (non-hydrogen) atoms. The Kier molecular flexibility index (Phi) is 30.2. The van der Waals surface area contributed by atoms with Gasteiger partial charge in [0.2, 0.25) is 0 Å². The van der Waals surface area contributed by atoms with Crippen molar-refractivity contribution in [2.45, 2.75) is 133 Å². The molecule has 2 unspecified atom stereocenters. The molecule has 31 heteroatoms. The lowest BCUT2D eigenvalue weighted by atomic mass is 9.78. The molecule has 10 aromatic rings. The average molecular weight is 1850 g/mol. The van der Waals surface area contributed by atoms with Gasteiger partial charge in [0.15, 0.2) is 10.3 Å². The fourth-order valence-corrected chi connectivity index (χ4v) is 18.9. The number of thioether (sulfide) groups is 2. The lowest BCUT2D eigenvalue weighted by molar-refractivity contribution is -0.137. The molecule has 0 spiro atoms. The summed E-state index contributed by atoms with van der Waals surface area (Å²) < 4.78 is 5.34. The summed E-state index contributed by atoms with van der Waals surface area (Å²) in [6, 6.07) is 55.2. The molecule has 620 valence electrons. The van der Waals surface area contributed by atoms with E-state index >= 15 is 0 Å². The smallest absolute Gasteiger partial charge is 0.346 e. The molecular formula is C88H86Cl10N14O4S3. The van der Waals surface area contributed by atoms with Gasteiger partial charge in [0.25, 0.3) is 0 Å². The maximum atomic E-state index is 12.7. The van der Waals surface area contributed by atoms with Crippen molar-refractivity contribution in [3.05, 3.63) is 341 Å². The molecule has 5 aromatic carbocycles. The number of aliphatic carboxylic acids is 1. The number of aromatic nitrogens is 5. The largest absolute Gasteiger partial charge is 0.477 e. The normalized spacial score (nSPS) is 21.1. The van der Waals surface area contributed by atoms with Gasteiger partial charge in [0.1, 0.15) is 46.7 Å². The predicted molar refractivity (Wildman–Crippen MR) is 493 cm³/mol. The van der Waals surface area contributed by atoms with Crippen molar-refractivity contribution in [2.75, 3.05) is 6.61 Å². The van der Waals surface area contributed by atoms with Crippen molar-refractivity contribution in [1.29, 1.82) is 0 Å². The van der Waals surface area contributed by atoms with E-state index in [1.54, 1.807) is 73.3 Å². The third-order valence-electron chi connectivity index (χ3n) is 21.3. The zero-order valence-electron chi connectivity index (χ0n) is 66.2. The highest BCUT2D eigenvalue weighted by atomic mass is 35.5. The summed E-state index contributed by atoms with van der Waals surface area (Å²) >= 11 is 67.5. The number of ether oxygens (including phenoxy) is 1. The molecule has 1 saturated heterocycles. The number of carbonyl (C=O) groups is 2. The molecule has 10 heterocycles. The second-order valence-corrected chi connectivity index (χ2v) is 36.8. The van der Waals surface area contributed by atoms with Crippen molar-refractivity contribution in [2.24, 2.45) is 44.8 Å². The average Bonchev–Trinajstić information content (AvgIpc) is 1.56. The number of fused-ring (bicyclic) bond motifs is 2. The van der Waals surface area contributed by atoms with Crippen LogP contribution in [0.15, 0.2) is 244 Å². The van der Waals surface area contributed by atoms with E-state index in [4.69, 9.17) is 166 Å². The van der Waals surface area contributed by atoms with E-state index in [0.29, 0.717) is 67.4 Å². The number of halogens is 10. The van der Waals surface area contributed by atoms with Gasteiger partial charge in [-0.15, -0.1) is 0 Å². The first-order valence-corrected chi connectivity index (χ1v) is 43.4. The standard InChI is InChI=1S/C23H23Cl2N3O2S.C21H19Cl2N3O2S.C16H14Cl2N2S.2C14H15Cl2N3/c1-5-30-21(29)19-18(13(2)3)28-20(14-6-9-16(24)10-7-14)23(4,27-22(28)31-19)15-8-11-17(25)26-12-15;1-11(2)16-17(19(27)28)29-20-25-21(3,13-6-9-15(23)24-10-13)18(26(16)20)12-4-7-14(22)8-5-12;1-16(11-4-7-14(18)19-9-11)13(8-15(21)20-16)10-2-5-12(17)6-3-10;2*1-14(18,10-4-7-12(16)19-8-10)13(17)9-2-5-11(15)6-3-9/h6-13,20H,5H2,1-4H3;4-11,18H,1-3H3,(H,27,28);2-7,9,13H,8H2,1H3,(H,20,21);2*2-8,13H,17-18H2,1H3/t20-,23+;18-,21+;13-,16+;13-,14+;/m1111./s1. The molecule has 0 bridgehead atoms. The van der Waals surface area contributed by atoms with Gasteiger partial charge in [-0.25, -0.2) is 44.5 Å². The number of carboxylic acids is 1. The first-order valence-electron chi connectivity index (χ1n) is 37.6. The summed E-state index contributed by atoms with van der Waals surface area (Å²) in [5.41, 5.74) is 33.6. The summed E-state index contributed by atoms with van der Waals surface area (Å²) in [4.78, 5) is 61.6. The number of nitrogens with zero attached hydrogens (tertiary/aromatic N) is 9. The van der Waals surface area contributed by atoms with Crippen molar-refractivity contribution in [1.82, 2.24) is 40.0 Å². The molecule has 10 atom stereocenters. The fraction of sp³-hybridized carbons (Fsp3) is 0.273. The number of aliphatic imine (C=N–C) groups is 2. The van der Waals surface area contributed by atoms with E-state index in [2.05, 4.69) is 79.9 Å². The van der Waals surface area contributed by atoms with E-state index in [-0.39, 0.29) is 53.4 Å². The number of nitrogens with one attached hydrogen (secondary N) is 1. The fourth-order valence-electron chi connectivity index (χ4n) is 14.8. The SMILES string of the molecule is CC(C)C1=C(C(=O)O)SC2=N[C@@](C)(c3ccc(Cl)nc3)[C@@H](c3ccc(Cl)cc3)N21.CC(N)(c1ccc(Cl)nc1)C(N)c1ccc(Cl)cc1.CCOC(=O)C1=C(C(C)C)N2C(=N[C@@](C)(c3ccc(Cl)nc3)[C@H]2c2ccc(Cl)cc2)S1.C[C@@]1(c2ccc(Cl)nc2)NC(=S)C[C@@H]1c1ccc(Cl)cc1.C[C@](N)(c1ccc(Cl)nc1)[C@H](N)c1ccc(Cl)cc1. The molecule has 15 rings (SSSR count). The summed E-state index contributed by atoms with van der Waals surface area (Å²) in [5.74, 6) is -0.884. The van der Waals surface area contributed by atoms with Crippen LogP contribution in [0.2, 0.25) is 50.9 Å². The molecule has 0 aliphatic carbocycles. The first kappa shape index (κ1) is 92.3. The van der Waals surface area contributed by atoms with Crippen molar-refractivity contribution in [3.8, 4) is 0 Å². The molecule has 0 radical (unpaired) electrons. The van der Waals surface area contributed by atoms with Crippen molar-refractivity contribution in [3.63, 3.8) is 0 Å². The summed E-state index contributed by atoms with van der Waals surface area (Å²) in [6.45, 7) is 20.3. The molecule has 0 saturated carbocycles. The van der Waals surface area contributed by atoms with E-state index in [0.717, 1.165) is 83.1 Å². The molecule has 5 aromatic heterocycles. The Morgan fingerprint density at radius 1 is 0.496 bits per heavy atom. The summed E-state index contributed by atoms with van der Waals surface area (Å²) in [5, 5.41) is 20.3. The summed E-state index contributed by atoms with van der Waals surface area (Å²) in [7, 11) is 0. The lowest BCUT2D eigenvalue weighted by Gasteiger charge is -2.36. The van der Waals surface area contributed by atoms with Gasteiger partial charge in [-0.05, 0) is 212 Å². The Morgan fingerprint density at radius 3 is 1.13 bits per heavy atom. The number of nitrogens with two attached hydrogens (primary N) is 4. The van der Waals surface area contributed by atoms with Crippen LogP contribution >= 0.6 is 152 Å². The highest BCUT2D eigenvalue weighted by Crippen LogP contribution is 2.58. The van der Waals surface area contributed by atoms with Gasteiger partial charge in [-0.2, -0.15) is 0 Å². The van der Waals surface area contributed by atoms with Crippen LogP contribution in [0.4, 0.5) is 0 Å². The molecule has 1 fully saturated rings. The van der Waals surface area contributed by atoms with Gasteiger partial charge in [-0.1, -0.05) is 247 Å². The predicted octanol–water partition coefficient (Wildman–Crippen LogP) is 23.1. The Hall–Kier alpha value is -7.46.